The highest BCUT2D eigenvalue weighted by Crippen LogP contribution is 2.18. The zero-order valence-electron chi connectivity index (χ0n) is 11.9. The maximum Gasteiger partial charge on any atom is 0.137 e. The summed E-state index contributed by atoms with van der Waals surface area (Å²) in [6, 6.07) is 9.40. The van der Waals surface area contributed by atoms with E-state index in [9.17, 15) is 0 Å². The molecule has 1 fully saturated rings. The highest BCUT2D eigenvalue weighted by atomic mass is 16.5. The lowest BCUT2D eigenvalue weighted by atomic mass is 10.2. The van der Waals surface area contributed by atoms with Gasteiger partial charge in [0.05, 0.1) is 17.8 Å². The molecule has 0 aliphatic carbocycles. The van der Waals surface area contributed by atoms with Gasteiger partial charge in [0.25, 0.3) is 0 Å². The SMILES string of the molecule is COC1CN(CCOc2ccccc2C#N)CC1OC. The van der Waals surface area contributed by atoms with Gasteiger partial charge >= 0.3 is 0 Å². The molecule has 5 nitrogen and oxygen atoms in total. The van der Waals surface area contributed by atoms with Crippen LogP contribution in [0.1, 0.15) is 5.56 Å². The van der Waals surface area contributed by atoms with Crippen LogP contribution in [0.3, 0.4) is 0 Å². The van der Waals surface area contributed by atoms with E-state index in [0.717, 1.165) is 19.6 Å². The fraction of sp³-hybridized carbons (Fsp3) is 0.533. The normalized spacial score (nSPS) is 22.6. The predicted molar refractivity (Wildman–Crippen MR) is 74.7 cm³/mol. The van der Waals surface area contributed by atoms with Gasteiger partial charge in [-0.1, -0.05) is 12.1 Å². The van der Waals surface area contributed by atoms with Crippen molar-refractivity contribution in [3.8, 4) is 11.8 Å². The van der Waals surface area contributed by atoms with Crippen molar-refractivity contribution < 1.29 is 14.2 Å². The number of hydrogen-bond donors (Lipinski definition) is 0. The van der Waals surface area contributed by atoms with E-state index in [-0.39, 0.29) is 12.2 Å². The monoisotopic (exact) mass is 276 g/mol. The molecule has 1 aromatic rings. The third kappa shape index (κ3) is 3.48. The Balaban J connectivity index is 1.81. The van der Waals surface area contributed by atoms with Gasteiger partial charge in [-0.15, -0.1) is 0 Å². The van der Waals surface area contributed by atoms with Gasteiger partial charge in [0.15, 0.2) is 0 Å². The molecule has 0 spiro atoms. The number of benzene rings is 1. The van der Waals surface area contributed by atoms with E-state index in [1.165, 1.54) is 0 Å². The van der Waals surface area contributed by atoms with Crippen molar-refractivity contribution in [2.45, 2.75) is 12.2 Å². The minimum Gasteiger partial charge on any atom is -0.491 e. The minimum absolute atomic E-state index is 0.117. The summed E-state index contributed by atoms with van der Waals surface area (Å²) < 4.78 is 16.5. The molecule has 0 aromatic heterocycles. The summed E-state index contributed by atoms with van der Waals surface area (Å²) in [6.07, 6.45) is 0.234. The van der Waals surface area contributed by atoms with Crippen LogP contribution in [0, 0.1) is 11.3 Å². The molecule has 2 atom stereocenters. The Hall–Kier alpha value is -1.61. The standard InChI is InChI=1S/C15H20N2O3/c1-18-14-10-17(11-15(14)19-2)7-8-20-13-6-4-3-5-12(13)9-16/h3-6,14-15H,7-8,10-11H2,1-2H3. The maximum atomic E-state index is 8.99. The van der Waals surface area contributed by atoms with E-state index in [1.54, 1.807) is 20.3 Å². The Kier molecular flexibility index (Phi) is 5.36. The fourth-order valence-electron chi connectivity index (χ4n) is 2.42. The Morgan fingerprint density at radius 2 is 1.85 bits per heavy atom. The molecule has 5 heteroatoms. The van der Waals surface area contributed by atoms with Crippen molar-refractivity contribution in [2.75, 3.05) is 40.5 Å². The second kappa shape index (κ2) is 7.25. The molecule has 0 N–H and O–H groups in total. The van der Waals surface area contributed by atoms with Gasteiger partial charge in [-0.3, -0.25) is 4.90 Å². The first-order valence-electron chi connectivity index (χ1n) is 6.68. The van der Waals surface area contributed by atoms with Gasteiger partial charge in [0.1, 0.15) is 18.4 Å². The van der Waals surface area contributed by atoms with Crippen molar-refractivity contribution in [3.63, 3.8) is 0 Å². The molecule has 2 unspecified atom stereocenters. The van der Waals surface area contributed by atoms with E-state index in [2.05, 4.69) is 11.0 Å². The number of methoxy groups -OCH3 is 2. The number of para-hydroxylation sites is 1. The van der Waals surface area contributed by atoms with Gasteiger partial charge in [-0.2, -0.15) is 5.26 Å². The van der Waals surface area contributed by atoms with Crippen LogP contribution >= 0.6 is 0 Å². The van der Waals surface area contributed by atoms with E-state index < -0.39 is 0 Å². The number of nitriles is 1. The third-order valence-electron chi connectivity index (χ3n) is 3.57. The van der Waals surface area contributed by atoms with E-state index in [1.807, 2.05) is 18.2 Å². The Morgan fingerprint density at radius 3 is 2.45 bits per heavy atom. The van der Waals surface area contributed by atoms with Gasteiger partial charge in [-0.25, -0.2) is 0 Å². The average Bonchev–Trinajstić information content (AvgIpc) is 2.90. The summed E-state index contributed by atoms with van der Waals surface area (Å²) >= 11 is 0. The third-order valence-corrected chi connectivity index (χ3v) is 3.57. The molecule has 1 aliphatic rings. The molecule has 0 bridgehead atoms. The predicted octanol–water partition coefficient (Wildman–Crippen LogP) is 1.28. The largest absolute Gasteiger partial charge is 0.491 e. The zero-order valence-corrected chi connectivity index (χ0v) is 11.9. The summed E-state index contributed by atoms with van der Waals surface area (Å²) in [6.45, 7) is 3.03. The van der Waals surface area contributed by atoms with Crippen LogP contribution < -0.4 is 4.74 Å². The van der Waals surface area contributed by atoms with Crippen LogP contribution in [0.4, 0.5) is 0 Å². The van der Waals surface area contributed by atoms with Crippen LogP contribution in [-0.2, 0) is 9.47 Å². The summed E-state index contributed by atoms with van der Waals surface area (Å²) in [4.78, 5) is 2.25. The molecular formula is C15H20N2O3. The van der Waals surface area contributed by atoms with Crippen molar-refractivity contribution in [1.29, 1.82) is 5.26 Å². The first-order chi connectivity index (χ1) is 9.78. The molecule has 108 valence electrons. The fourth-order valence-corrected chi connectivity index (χ4v) is 2.42. The Labute approximate surface area is 119 Å². The topological polar surface area (TPSA) is 54.7 Å². The minimum atomic E-state index is 0.117. The highest BCUT2D eigenvalue weighted by molar-refractivity contribution is 5.42. The number of likely N-dealkylation sites (tertiary alicyclic amines) is 1. The van der Waals surface area contributed by atoms with Crippen molar-refractivity contribution >= 4 is 0 Å². The number of hydrogen-bond acceptors (Lipinski definition) is 5. The molecular weight excluding hydrogens is 256 g/mol. The molecule has 1 saturated heterocycles. The summed E-state index contributed by atoms with van der Waals surface area (Å²) in [5.41, 5.74) is 0.568. The van der Waals surface area contributed by atoms with Crippen LogP contribution in [0.25, 0.3) is 0 Å². The van der Waals surface area contributed by atoms with Crippen LogP contribution in [0.5, 0.6) is 5.75 Å². The summed E-state index contributed by atoms with van der Waals surface area (Å²) in [7, 11) is 3.42. The maximum absolute atomic E-state index is 8.99. The average molecular weight is 276 g/mol. The second-order valence-electron chi connectivity index (χ2n) is 4.76. The lowest BCUT2D eigenvalue weighted by Crippen LogP contribution is -2.27. The van der Waals surface area contributed by atoms with Crippen molar-refractivity contribution in [3.05, 3.63) is 29.8 Å². The lowest BCUT2D eigenvalue weighted by Gasteiger charge is -2.15. The Morgan fingerprint density at radius 1 is 1.20 bits per heavy atom. The molecule has 20 heavy (non-hydrogen) atoms. The summed E-state index contributed by atoms with van der Waals surface area (Å²) in [5.74, 6) is 0.640. The molecule has 0 radical (unpaired) electrons. The number of nitrogens with zero attached hydrogens (tertiary/aromatic N) is 2. The number of rotatable bonds is 6. The van der Waals surface area contributed by atoms with Gasteiger partial charge < -0.3 is 14.2 Å². The van der Waals surface area contributed by atoms with Crippen LogP contribution in [-0.4, -0.2) is 57.6 Å². The first kappa shape index (κ1) is 14.8. The van der Waals surface area contributed by atoms with E-state index >= 15 is 0 Å². The molecule has 1 heterocycles. The van der Waals surface area contributed by atoms with E-state index in [4.69, 9.17) is 19.5 Å². The molecule has 2 rings (SSSR count). The van der Waals surface area contributed by atoms with Crippen molar-refractivity contribution in [1.82, 2.24) is 4.90 Å². The molecule has 0 amide bonds. The smallest absolute Gasteiger partial charge is 0.137 e. The van der Waals surface area contributed by atoms with Gasteiger partial charge in [0, 0.05) is 33.9 Å². The van der Waals surface area contributed by atoms with Gasteiger partial charge in [0.2, 0.25) is 0 Å². The number of ether oxygens (including phenoxy) is 3. The molecule has 1 aromatic carbocycles. The lowest BCUT2D eigenvalue weighted by molar-refractivity contribution is -0.00461. The first-order valence-corrected chi connectivity index (χ1v) is 6.68. The molecule has 1 aliphatic heterocycles. The Bertz CT molecular complexity index is 460. The zero-order chi connectivity index (χ0) is 14.4. The second-order valence-corrected chi connectivity index (χ2v) is 4.76. The van der Waals surface area contributed by atoms with Crippen molar-refractivity contribution in [2.24, 2.45) is 0 Å². The highest BCUT2D eigenvalue weighted by Gasteiger charge is 2.32. The molecule has 0 saturated carbocycles. The summed E-state index contributed by atoms with van der Waals surface area (Å²) in [5, 5.41) is 8.99. The quantitative estimate of drug-likeness (QED) is 0.783. The van der Waals surface area contributed by atoms with Crippen LogP contribution in [0.2, 0.25) is 0 Å². The van der Waals surface area contributed by atoms with E-state index in [0.29, 0.717) is 17.9 Å². The van der Waals surface area contributed by atoms with Crippen LogP contribution in [0.15, 0.2) is 24.3 Å². The van der Waals surface area contributed by atoms with Gasteiger partial charge in [-0.05, 0) is 12.1 Å².